The van der Waals surface area contributed by atoms with Crippen molar-refractivity contribution in [2.24, 2.45) is 0 Å². The molecular formula is C15H19N3O5. The SMILES string of the molecule is COCCCN(CC(=O)Nc1cc(C)on1)C(=O)c1ccco1. The zero-order chi connectivity index (χ0) is 16.7. The summed E-state index contributed by atoms with van der Waals surface area (Å²) < 4.78 is 15.0. The maximum absolute atomic E-state index is 12.4. The van der Waals surface area contributed by atoms with Gasteiger partial charge in [0.15, 0.2) is 11.6 Å². The van der Waals surface area contributed by atoms with Gasteiger partial charge in [-0.1, -0.05) is 5.16 Å². The maximum Gasteiger partial charge on any atom is 0.290 e. The van der Waals surface area contributed by atoms with Gasteiger partial charge in [-0.05, 0) is 25.5 Å². The number of carbonyl (C=O) groups is 2. The van der Waals surface area contributed by atoms with Gasteiger partial charge < -0.3 is 23.9 Å². The van der Waals surface area contributed by atoms with Crippen LogP contribution in [0.5, 0.6) is 0 Å². The number of nitrogens with one attached hydrogen (secondary N) is 1. The van der Waals surface area contributed by atoms with Crippen molar-refractivity contribution in [2.45, 2.75) is 13.3 Å². The van der Waals surface area contributed by atoms with Crippen molar-refractivity contribution in [1.82, 2.24) is 10.1 Å². The Hall–Kier alpha value is -2.61. The summed E-state index contributed by atoms with van der Waals surface area (Å²) in [6.07, 6.45) is 2.03. The van der Waals surface area contributed by atoms with Crippen LogP contribution in [0.25, 0.3) is 0 Å². The van der Waals surface area contributed by atoms with E-state index in [9.17, 15) is 9.59 Å². The van der Waals surface area contributed by atoms with Crippen LogP contribution in [0.3, 0.4) is 0 Å². The average Bonchev–Trinajstić information content (AvgIpc) is 3.17. The number of aryl methyl sites for hydroxylation is 1. The molecule has 0 bridgehead atoms. The Balaban J connectivity index is 1.98. The standard InChI is InChI=1S/C15H19N3O5/c1-11-9-13(17-23-11)16-14(19)10-18(6-4-7-21-2)15(20)12-5-3-8-22-12/h3,5,8-9H,4,6-7,10H2,1-2H3,(H,16,17,19). The van der Waals surface area contributed by atoms with Crippen LogP contribution in [-0.2, 0) is 9.53 Å². The summed E-state index contributed by atoms with van der Waals surface area (Å²) >= 11 is 0. The Labute approximate surface area is 133 Å². The molecule has 2 rings (SSSR count). The fraction of sp³-hybridized carbons (Fsp3) is 0.400. The number of ether oxygens (including phenoxy) is 1. The van der Waals surface area contributed by atoms with Crippen LogP contribution >= 0.6 is 0 Å². The molecule has 0 aliphatic rings. The van der Waals surface area contributed by atoms with Crippen molar-refractivity contribution < 1.29 is 23.3 Å². The smallest absolute Gasteiger partial charge is 0.290 e. The van der Waals surface area contributed by atoms with E-state index in [2.05, 4.69) is 10.5 Å². The first-order valence-corrected chi connectivity index (χ1v) is 7.15. The van der Waals surface area contributed by atoms with Crippen molar-refractivity contribution in [1.29, 1.82) is 0 Å². The van der Waals surface area contributed by atoms with Crippen LogP contribution < -0.4 is 5.32 Å². The van der Waals surface area contributed by atoms with Crippen molar-refractivity contribution >= 4 is 17.6 Å². The number of nitrogens with zero attached hydrogens (tertiary/aromatic N) is 2. The molecule has 8 heteroatoms. The number of methoxy groups -OCH3 is 1. The largest absolute Gasteiger partial charge is 0.459 e. The molecule has 2 amide bonds. The molecule has 1 N–H and O–H groups in total. The molecule has 0 unspecified atom stereocenters. The fourth-order valence-electron chi connectivity index (χ4n) is 1.99. The highest BCUT2D eigenvalue weighted by Crippen LogP contribution is 2.09. The van der Waals surface area contributed by atoms with Gasteiger partial charge in [-0.15, -0.1) is 0 Å². The van der Waals surface area contributed by atoms with Crippen LogP contribution in [-0.4, -0.2) is 48.7 Å². The van der Waals surface area contributed by atoms with Gasteiger partial charge in [0, 0.05) is 26.3 Å². The van der Waals surface area contributed by atoms with E-state index in [1.54, 1.807) is 32.2 Å². The van der Waals surface area contributed by atoms with Gasteiger partial charge in [0.2, 0.25) is 5.91 Å². The van der Waals surface area contributed by atoms with Crippen molar-refractivity contribution in [3.63, 3.8) is 0 Å². The minimum absolute atomic E-state index is 0.116. The predicted molar refractivity (Wildman–Crippen MR) is 81.0 cm³/mol. The second-order valence-electron chi connectivity index (χ2n) is 4.92. The van der Waals surface area contributed by atoms with Crippen LogP contribution in [0.4, 0.5) is 5.82 Å². The van der Waals surface area contributed by atoms with Gasteiger partial charge in [-0.3, -0.25) is 9.59 Å². The highest BCUT2D eigenvalue weighted by Gasteiger charge is 2.21. The highest BCUT2D eigenvalue weighted by atomic mass is 16.5. The zero-order valence-corrected chi connectivity index (χ0v) is 13.1. The summed E-state index contributed by atoms with van der Waals surface area (Å²) in [6, 6.07) is 4.78. The summed E-state index contributed by atoms with van der Waals surface area (Å²) in [7, 11) is 1.58. The Morgan fingerprint density at radius 2 is 2.26 bits per heavy atom. The molecule has 124 valence electrons. The minimum atomic E-state index is -0.365. The molecule has 2 heterocycles. The number of carbonyl (C=O) groups excluding carboxylic acids is 2. The lowest BCUT2D eigenvalue weighted by atomic mass is 10.3. The Bertz CT molecular complexity index is 635. The van der Waals surface area contributed by atoms with Gasteiger partial charge >= 0.3 is 0 Å². The van der Waals surface area contributed by atoms with Crippen LogP contribution in [0, 0.1) is 6.92 Å². The molecule has 0 atom stereocenters. The molecule has 0 spiro atoms. The Morgan fingerprint density at radius 3 is 2.87 bits per heavy atom. The molecule has 0 radical (unpaired) electrons. The molecule has 0 aromatic carbocycles. The van der Waals surface area contributed by atoms with Crippen molar-refractivity contribution in [3.05, 3.63) is 36.0 Å². The number of rotatable bonds is 8. The Kier molecular flexibility index (Phi) is 5.93. The lowest BCUT2D eigenvalue weighted by Gasteiger charge is -2.20. The number of furan rings is 1. The van der Waals surface area contributed by atoms with E-state index in [1.165, 1.54) is 11.2 Å². The number of hydrogen-bond donors (Lipinski definition) is 1. The highest BCUT2D eigenvalue weighted by molar-refractivity contribution is 5.97. The zero-order valence-electron chi connectivity index (χ0n) is 13.1. The van der Waals surface area contributed by atoms with Crippen LogP contribution in [0.15, 0.2) is 33.4 Å². The van der Waals surface area contributed by atoms with Crippen molar-refractivity contribution in [2.75, 3.05) is 32.1 Å². The summed E-state index contributed by atoms with van der Waals surface area (Å²) in [5, 5.41) is 6.27. The number of aromatic nitrogens is 1. The van der Waals surface area contributed by atoms with Gasteiger partial charge in [-0.2, -0.15) is 0 Å². The molecule has 0 saturated carbocycles. The first-order chi connectivity index (χ1) is 11.1. The molecule has 2 aromatic rings. The third-order valence-electron chi connectivity index (χ3n) is 3.03. The van der Waals surface area contributed by atoms with Gasteiger partial charge in [0.1, 0.15) is 12.3 Å². The molecule has 0 fully saturated rings. The molecule has 2 aromatic heterocycles. The molecule has 8 nitrogen and oxygen atoms in total. The third-order valence-corrected chi connectivity index (χ3v) is 3.03. The number of amides is 2. The molecule has 0 aliphatic heterocycles. The fourth-order valence-corrected chi connectivity index (χ4v) is 1.99. The quantitative estimate of drug-likeness (QED) is 0.743. The predicted octanol–water partition coefficient (Wildman–Crippen LogP) is 1.69. The van der Waals surface area contributed by atoms with Gasteiger partial charge in [0.25, 0.3) is 5.91 Å². The van der Waals surface area contributed by atoms with Crippen molar-refractivity contribution in [3.8, 4) is 0 Å². The van der Waals surface area contributed by atoms with E-state index in [4.69, 9.17) is 13.7 Å². The minimum Gasteiger partial charge on any atom is -0.459 e. The molecule has 0 saturated heterocycles. The Morgan fingerprint density at radius 1 is 1.43 bits per heavy atom. The van der Waals surface area contributed by atoms with E-state index in [0.29, 0.717) is 31.2 Å². The first-order valence-electron chi connectivity index (χ1n) is 7.15. The summed E-state index contributed by atoms with van der Waals surface area (Å²) in [5.74, 6) is 0.374. The normalized spacial score (nSPS) is 10.5. The number of anilines is 1. The van der Waals surface area contributed by atoms with E-state index in [-0.39, 0.29) is 24.1 Å². The summed E-state index contributed by atoms with van der Waals surface area (Å²) in [6.45, 7) is 2.47. The molecule has 23 heavy (non-hydrogen) atoms. The third kappa shape index (κ3) is 4.96. The summed E-state index contributed by atoms with van der Waals surface area (Å²) in [4.78, 5) is 25.9. The average molecular weight is 321 g/mol. The van der Waals surface area contributed by atoms with E-state index < -0.39 is 0 Å². The first kappa shape index (κ1) is 16.8. The second-order valence-corrected chi connectivity index (χ2v) is 4.92. The maximum atomic E-state index is 12.4. The second kappa shape index (κ2) is 8.14. The molecular weight excluding hydrogens is 302 g/mol. The van der Waals surface area contributed by atoms with Crippen LogP contribution in [0.1, 0.15) is 22.7 Å². The van der Waals surface area contributed by atoms with Crippen LogP contribution in [0.2, 0.25) is 0 Å². The van der Waals surface area contributed by atoms with E-state index in [0.717, 1.165) is 0 Å². The lowest BCUT2D eigenvalue weighted by Crippen LogP contribution is -2.39. The topological polar surface area (TPSA) is 97.8 Å². The monoisotopic (exact) mass is 321 g/mol. The number of hydrogen-bond acceptors (Lipinski definition) is 6. The molecule has 0 aliphatic carbocycles. The van der Waals surface area contributed by atoms with E-state index >= 15 is 0 Å². The lowest BCUT2D eigenvalue weighted by molar-refractivity contribution is -0.117. The van der Waals surface area contributed by atoms with Gasteiger partial charge in [-0.25, -0.2) is 0 Å². The summed E-state index contributed by atoms with van der Waals surface area (Å²) in [5.41, 5.74) is 0. The van der Waals surface area contributed by atoms with E-state index in [1.807, 2.05) is 0 Å². The van der Waals surface area contributed by atoms with Gasteiger partial charge in [0.05, 0.1) is 6.26 Å².